The molecule has 0 spiro atoms. The van der Waals surface area contributed by atoms with E-state index in [1.54, 1.807) is 23.9 Å². The second-order valence-corrected chi connectivity index (χ2v) is 7.04. The van der Waals surface area contributed by atoms with Crippen LogP contribution in [0.2, 0.25) is 0 Å². The van der Waals surface area contributed by atoms with Crippen molar-refractivity contribution >= 4 is 27.5 Å². The fourth-order valence-corrected chi connectivity index (χ4v) is 4.62. The molecule has 0 radical (unpaired) electrons. The maximum Gasteiger partial charge on any atom is 0.260 e. The van der Waals surface area contributed by atoms with Gasteiger partial charge in [0.05, 0.1) is 5.69 Å². The Morgan fingerprint density at radius 1 is 1.50 bits per heavy atom. The highest BCUT2D eigenvalue weighted by molar-refractivity contribution is 7.99. The van der Waals surface area contributed by atoms with Gasteiger partial charge in [-0.05, 0) is 31.2 Å². The molecule has 1 aromatic heterocycles. The highest BCUT2D eigenvalue weighted by Crippen LogP contribution is 2.29. The summed E-state index contributed by atoms with van der Waals surface area (Å²) in [6.45, 7) is 0. The Morgan fingerprint density at radius 3 is 2.94 bits per heavy atom. The van der Waals surface area contributed by atoms with Gasteiger partial charge in [0.25, 0.3) is 10.0 Å². The zero-order valence-corrected chi connectivity index (χ0v) is 11.8. The number of rotatable bonds is 4. The van der Waals surface area contributed by atoms with Crippen LogP contribution in [0, 0.1) is 0 Å². The summed E-state index contributed by atoms with van der Waals surface area (Å²) in [4.78, 5) is 3.86. The summed E-state index contributed by atoms with van der Waals surface area (Å²) in [5.41, 5.74) is 5.85. The Morgan fingerprint density at radius 2 is 2.28 bits per heavy atom. The molecule has 0 aromatic carbocycles. The molecule has 5 nitrogen and oxygen atoms in total. The lowest BCUT2D eigenvalue weighted by Crippen LogP contribution is -2.39. The monoisotopic (exact) mass is 287 g/mol. The fourth-order valence-electron chi connectivity index (χ4n) is 2.23. The van der Waals surface area contributed by atoms with Crippen molar-refractivity contribution in [2.75, 3.05) is 12.0 Å². The molecule has 1 aromatic rings. The topological polar surface area (TPSA) is 85.1 Å². The summed E-state index contributed by atoms with van der Waals surface area (Å²) in [7, 11) is -3.62. The second-order valence-electron chi connectivity index (χ2n) is 4.33. The lowest BCUT2D eigenvalue weighted by Gasteiger charge is -2.19. The Kier molecular flexibility index (Phi) is 4.14. The van der Waals surface area contributed by atoms with Crippen LogP contribution in [-0.4, -0.2) is 30.9 Å². The molecule has 7 heteroatoms. The van der Waals surface area contributed by atoms with Crippen LogP contribution >= 0.6 is 11.8 Å². The van der Waals surface area contributed by atoms with Crippen molar-refractivity contribution in [3.63, 3.8) is 0 Å². The van der Waals surface area contributed by atoms with Crippen molar-refractivity contribution in [2.24, 2.45) is 0 Å². The van der Waals surface area contributed by atoms with E-state index in [9.17, 15) is 8.42 Å². The average molecular weight is 287 g/mol. The molecule has 1 saturated carbocycles. The first-order valence-corrected chi connectivity index (χ1v) is 8.57. The van der Waals surface area contributed by atoms with Gasteiger partial charge in [0.1, 0.15) is 0 Å². The molecule has 0 amide bonds. The zero-order chi connectivity index (χ0) is 13.2. The third-order valence-corrected chi connectivity index (χ3v) is 5.75. The number of sulfonamides is 1. The van der Waals surface area contributed by atoms with Crippen LogP contribution in [0.4, 0.5) is 5.69 Å². The predicted octanol–water partition coefficient (Wildman–Crippen LogP) is 1.23. The average Bonchev–Trinajstić information content (AvgIpc) is 2.76. The standard InChI is InChI=1S/C11H17N3O2S2/c1-17-10-6-2-5-9(10)14-18(15,16)11-8(12)4-3-7-13-11/h3-4,7,9-10,14H,2,5-6,12H2,1H3. The summed E-state index contributed by atoms with van der Waals surface area (Å²) in [5.74, 6) is 0. The Hall–Kier alpha value is -0.790. The van der Waals surface area contributed by atoms with E-state index in [2.05, 4.69) is 9.71 Å². The first kappa shape index (κ1) is 13.6. The van der Waals surface area contributed by atoms with Gasteiger partial charge in [-0.1, -0.05) is 6.42 Å². The summed E-state index contributed by atoms with van der Waals surface area (Å²) in [6.07, 6.45) is 6.41. The van der Waals surface area contributed by atoms with Gasteiger partial charge in [0.2, 0.25) is 0 Å². The van der Waals surface area contributed by atoms with Crippen LogP contribution in [0.25, 0.3) is 0 Å². The Bertz CT molecular complexity index is 519. The number of nitrogens with two attached hydrogens (primary N) is 1. The van der Waals surface area contributed by atoms with E-state index >= 15 is 0 Å². The van der Waals surface area contributed by atoms with Gasteiger partial charge < -0.3 is 5.73 Å². The molecule has 0 saturated heterocycles. The molecule has 1 heterocycles. The molecular formula is C11H17N3O2S2. The van der Waals surface area contributed by atoms with E-state index in [0.717, 1.165) is 19.3 Å². The Labute approximate surface area is 112 Å². The van der Waals surface area contributed by atoms with Crippen molar-refractivity contribution in [1.29, 1.82) is 0 Å². The lowest BCUT2D eigenvalue weighted by atomic mass is 10.3. The van der Waals surface area contributed by atoms with Crippen molar-refractivity contribution in [3.05, 3.63) is 18.3 Å². The van der Waals surface area contributed by atoms with Gasteiger partial charge in [-0.2, -0.15) is 11.8 Å². The van der Waals surface area contributed by atoms with Crippen LogP contribution in [0.3, 0.4) is 0 Å². The molecule has 0 aliphatic heterocycles. The highest BCUT2D eigenvalue weighted by Gasteiger charge is 2.31. The number of hydrogen-bond donors (Lipinski definition) is 2. The normalized spacial score (nSPS) is 24.3. The van der Waals surface area contributed by atoms with Crippen LogP contribution < -0.4 is 10.5 Å². The minimum atomic E-state index is -3.62. The SMILES string of the molecule is CSC1CCCC1NS(=O)(=O)c1ncccc1N. The zero-order valence-electron chi connectivity index (χ0n) is 10.2. The minimum absolute atomic E-state index is 0.0218. The number of pyridine rings is 1. The van der Waals surface area contributed by atoms with Crippen LogP contribution in [0.5, 0.6) is 0 Å². The molecule has 18 heavy (non-hydrogen) atoms. The van der Waals surface area contributed by atoms with Gasteiger partial charge >= 0.3 is 0 Å². The summed E-state index contributed by atoms with van der Waals surface area (Å²) >= 11 is 1.70. The number of nitrogen functional groups attached to an aromatic ring is 1. The molecular weight excluding hydrogens is 270 g/mol. The maximum absolute atomic E-state index is 12.2. The van der Waals surface area contributed by atoms with Gasteiger partial charge in [0, 0.05) is 17.5 Å². The second kappa shape index (κ2) is 5.46. The van der Waals surface area contributed by atoms with Gasteiger partial charge in [-0.3, -0.25) is 0 Å². The molecule has 2 unspecified atom stereocenters. The third kappa shape index (κ3) is 2.78. The van der Waals surface area contributed by atoms with E-state index in [1.807, 2.05) is 6.26 Å². The van der Waals surface area contributed by atoms with Crippen molar-refractivity contribution in [3.8, 4) is 0 Å². The molecule has 100 valence electrons. The van der Waals surface area contributed by atoms with Gasteiger partial charge in [0.15, 0.2) is 5.03 Å². The van der Waals surface area contributed by atoms with Gasteiger partial charge in [-0.25, -0.2) is 18.1 Å². The van der Waals surface area contributed by atoms with Crippen molar-refractivity contribution in [1.82, 2.24) is 9.71 Å². The lowest BCUT2D eigenvalue weighted by molar-refractivity contribution is 0.552. The number of thioether (sulfide) groups is 1. The first-order valence-electron chi connectivity index (χ1n) is 5.80. The molecule has 0 bridgehead atoms. The van der Waals surface area contributed by atoms with E-state index < -0.39 is 10.0 Å². The molecule has 3 N–H and O–H groups in total. The minimum Gasteiger partial charge on any atom is -0.396 e. The van der Waals surface area contributed by atoms with Crippen LogP contribution in [0.15, 0.2) is 23.4 Å². The Balaban J connectivity index is 2.20. The van der Waals surface area contributed by atoms with Crippen molar-refractivity contribution in [2.45, 2.75) is 35.6 Å². The van der Waals surface area contributed by atoms with Crippen molar-refractivity contribution < 1.29 is 8.42 Å². The number of nitrogens with zero attached hydrogens (tertiary/aromatic N) is 1. The van der Waals surface area contributed by atoms with E-state index in [-0.39, 0.29) is 16.8 Å². The van der Waals surface area contributed by atoms with Gasteiger partial charge in [-0.15, -0.1) is 0 Å². The summed E-state index contributed by atoms with van der Waals surface area (Å²) in [6, 6.07) is 3.14. The number of anilines is 1. The third-order valence-electron chi connectivity index (χ3n) is 3.12. The summed E-state index contributed by atoms with van der Waals surface area (Å²) in [5, 5.41) is 0.265. The molecule has 1 aliphatic rings. The smallest absolute Gasteiger partial charge is 0.260 e. The summed E-state index contributed by atoms with van der Waals surface area (Å²) < 4.78 is 27.1. The quantitative estimate of drug-likeness (QED) is 0.870. The maximum atomic E-state index is 12.2. The largest absolute Gasteiger partial charge is 0.396 e. The molecule has 1 fully saturated rings. The number of nitrogens with one attached hydrogen (secondary N) is 1. The van der Waals surface area contributed by atoms with E-state index in [0.29, 0.717) is 5.25 Å². The molecule has 1 aliphatic carbocycles. The fraction of sp³-hybridized carbons (Fsp3) is 0.545. The number of aromatic nitrogens is 1. The molecule has 2 atom stereocenters. The van der Waals surface area contributed by atoms with E-state index in [4.69, 9.17) is 5.73 Å². The van der Waals surface area contributed by atoms with E-state index in [1.165, 1.54) is 6.20 Å². The highest BCUT2D eigenvalue weighted by atomic mass is 32.2. The molecule has 2 rings (SSSR count). The van der Waals surface area contributed by atoms with Crippen LogP contribution in [0.1, 0.15) is 19.3 Å². The first-order chi connectivity index (χ1) is 8.54. The number of hydrogen-bond acceptors (Lipinski definition) is 5. The van der Waals surface area contributed by atoms with Crippen LogP contribution in [-0.2, 0) is 10.0 Å². The predicted molar refractivity (Wildman–Crippen MR) is 73.9 cm³/mol.